The molecule has 0 fully saturated rings. The minimum Gasteiger partial charge on any atom is -0.491 e. The van der Waals surface area contributed by atoms with Crippen LogP contribution in [-0.2, 0) is 0 Å². The molecule has 0 bridgehead atoms. The molecule has 0 aliphatic heterocycles. The average molecular weight is 311 g/mol. The number of nitrogens with two attached hydrogens (primary N) is 1. The maximum absolute atomic E-state index is 11.7. The lowest BCUT2D eigenvalue weighted by Crippen LogP contribution is -2.05. The van der Waals surface area contributed by atoms with E-state index in [1.54, 1.807) is 42.5 Å². The van der Waals surface area contributed by atoms with Gasteiger partial charge in [0.1, 0.15) is 22.7 Å². The minimum atomic E-state index is -1.04. The molecule has 118 valence electrons. The Morgan fingerprint density at radius 2 is 1.87 bits per heavy atom. The number of carboxylic acid groups (broad SMARTS) is 1. The number of anilines is 1. The SMILES string of the molecule is CC(C)Oc1ccc2oc(-c3ccc(N)cc3)c(C(=O)O)c2c1. The standard InChI is InChI=1S/C18H17NO4/c1-10(2)22-13-7-8-15-14(9-13)16(18(20)21)17(23-15)11-3-5-12(19)6-4-11/h3-10H,19H2,1-2H3,(H,20,21). The lowest BCUT2D eigenvalue weighted by molar-refractivity contribution is 0.0699. The molecule has 0 amide bonds. The average Bonchev–Trinajstić information content (AvgIpc) is 2.86. The van der Waals surface area contributed by atoms with E-state index in [1.807, 2.05) is 13.8 Å². The molecule has 3 rings (SSSR count). The molecule has 0 atom stereocenters. The quantitative estimate of drug-likeness (QED) is 0.706. The van der Waals surface area contributed by atoms with Crippen LogP contribution in [-0.4, -0.2) is 17.2 Å². The smallest absolute Gasteiger partial charge is 0.340 e. The number of nitrogen functional groups attached to an aromatic ring is 1. The van der Waals surface area contributed by atoms with Gasteiger partial charge < -0.3 is 20.0 Å². The largest absolute Gasteiger partial charge is 0.491 e. The molecule has 5 heteroatoms. The molecule has 3 aromatic rings. The van der Waals surface area contributed by atoms with Gasteiger partial charge in [0.2, 0.25) is 0 Å². The first-order valence-electron chi connectivity index (χ1n) is 7.28. The second-order valence-corrected chi connectivity index (χ2v) is 5.56. The minimum absolute atomic E-state index is 0.00389. The van der Waals surface area contributed by atoms with E-state index in [-0.39, 0.29) is 11.7 Å². The number of hydrogen-bond donors (Lipinski definition) is 2. The van der Waals surface area contributed by atoms with E-state index >= 15 is 0 Å². The highest BCUT2D eigenvalue weighted by Crippen LogP contribution is 2.36. The van der Waals surface area contributed by atoms with E-state index in [4.69, 9.17) is 14.9 Å². The van der Waals surface area contributed by atoms with Crippen LogP contribution in [0.2, 0.25) is 0 Å². The van der Waals surface area contributed by atoms with Gasteiger partial charge in [-0.2, -0.15) is 0 Å². The summed E-state index contributed by atoms with van der Waals surface area (Å²) in [5, 5.41) is 10.1. The fourth-order valence-electron chi connectivity index (χ4n) is 2.47. The Labute approximate surface area is 133 Å². The molecular formula is C18H17NO4. The van der Waals surface area contributed by atoms with Crippen LogP contribution in [0.5, 0.6) is 5.75 Å². The second-order valence-electron chi connectivity index (χ2n) is 5.56. The van der Waals surface area contributed by atoms with Crippen molar-refractivity contribution in [3.8, 4) is 17.1 Å². The summed E-state index contributed by atoms with van der Waals surface area (Å²) in [6.07, 6.45) is 0.00389. The Morgan fingerprint density at radius 1 is 1.17 bits per heavy atom. The first-order valence-corrected chi connectivity index (χ1v) is 7.28. The van der Waals surface area contributed by atoms with E-state index < -0.39 is 5.97 Å². The van der Waals surface area contributed by atoms with Crippen molar-refractivity contribution < 1.29 is 19.1 Å². The zero-order chi connectivity index (χ0) is 16.6. The molecule has 23 heavy (non-hydrogen) atoms. The second kappa shape index (κ2) is 5.68. The molecule has 1 heterocycles. The van der Waals surface area contributed by atoms with Gasteiger partial charge in [0.25, 0.3) is 0 Å². The van der Waals surface area contributed by atoms with Crippen molar-refractivity contribution in [1.82, 2.24) is 0 Å². The summed E-state index contributed by atoms with van der Waals surface area (Å²) in [5.41, 5.74) is 7.58. The Hall–Kier alpha value is -2.95. The number of fused-ring (bicyclic) bond motifs is 1. The molecular weight excluding hydrogens is 294 g/mol. The van der Waals surface area contributed by atoms with Crippen LogP contribution in [0.3, 0.4) is 0 Å². The van der Waals surface area contributed by atoms with Gasteiger partial charge in [0.05, 0.1) is 6.10 Å². The lowest BCUT2D eigenvalue weighted by Gasteiger charge is -2.09. The molecule has 5 nitrogen and oxygen atoms in total. The Bertz CT molecular complexity index is 863. The van der Waals surface area contributed by atoms with Gasteiger partial charge in [0.15, 0.2) is 0 Å². The molecule has 0 spiro atoms. The summed E-state index contributed by atoms with van der Waals surface area (Å²) < 4.78 is 11.4. The van der Waals surface area contributed by atoms with Crippen molar-refractivity contribution in [3.63, 3.8) is 0 Å². The van der Waals surface area contributed by atoms with Crippen LogP contribution in [0.15, 0.2) is 46.9 Å². The molecule has 0 saturated heterocycles. The molecule has 0 saturated carbocycles. The third kappa shape index (κ3) is 2.85. The Morgan fingerprint density at radius 3 is 2.48 bits per heavy atom. The van der Waals surface area contributed by atoms with Gasteiger partial charge in [-0.25, -0.2) is 4.79 Å². The van der Waals surface area contributed by atoms with E-state index in [9.17, 15) is 9.90 Å². The molecule has 2 aromatic carbocycles. The van der Waals surface area contributed by atoms with Crippen molar-refractivity contribution in [2.45, 2.75) is 20.0 Å². The number of rotatable bonds is 4. The predicted octanol–water partition coefficient (Wildman–Crippen LogP) is 4.17. The molecule has 0 radical (unpaired) electrons. The van der Waals surface area contributed by atoms with E-state index in [0.29, 0.717) is 33.7 Å². The fourth-order valence-corrected chi connectivity index (χ4v) is 2.47. The molecule has 0 aliphatic carbocycles. The van der Waals surface area contributed by atoms with Crippen LogP contribution in [0.25, 0.3) is 22.3 Å². The predicted molar refractivity (Wildman–Crippen MR) is 88.8 cm³/mol. The molecule has 3 N–H and O–H groups in total. The van der Waals surface area contributed by atoms with Crippen molar-refractivity contribution in [2.75, 3.05) is 5.73 Å². The first-order chi connectivity index (χ1) is 11.0. The number of aromatic carboxylic acids is 1. The normalized spacial score (nSPS) is 11.1. The number of benzene rings is 2. The third-order valence-electron chi connectivity index (χ3n) is 3.42. The van der Waals surface area contributed by atoms with Crippen LogP contribution in [0.4, 0.5) is 5.69 Å². The van der Waals surface area contributed by atoms with Crippen molar-refractivity contribution >= 4 is 22.6 Å². The van der Waals surface area contributed by atoms with Crippen LogP contribution in [0, 0.1) is 0 Å². The number of furan rings is 1. The topological polar surface area (TPSA) is 85.7 Å². The highest BCUT2D eigenvalue weighted by Gasteiger charge is 2.22. The van der Waals surface area contributed by atoms with Crippen LogP contribution in [0.1, 0.15) is 24.2 Å². The zero-order valence-electron chi connectivity index (χ0n) is 12.9. The first kappa shape index (κ1) is 15.0. The van der Waals surface area contributed by atoms with Crippen LogP contribution < -0.4 is 10.5 Å². The van der Waals surface area contributed by atoms with E-state index in [1.165, 1.54) is 0 Å². The van der Waals surface area contributed by atoms with Crippen molar-refractivity contribution in [2.24, 2.45) is 0 Å². The lowest BCUT2D eigenvalue weighted by atomic mass is 10.1. The van der Waals surface area contributed by atoms with Gasteiger partial charge >= 0.3 is 5.97 Å². The van der Waals surface area contributed by atoms with Gasteiger partial charge in [-0.05, 0) is 56.3 Å². The number of carbonyl (C=O) groups is 1. The number of ether oxygens (including phenoxy) is 1. The van der Waals surface area contributed by atoms with Crippen LogP contribution >= 0.6 is 0 Å². The van der Waals surface area contributed by atoms with Gasteiger partial charge in [-0.1, -0.05) is 0 Å². The van der Waals surface area contributed by atoms with Gasteiger partial charge in [-0.15, -0.1) is 0 Å². The Balaban J connectivity index is 2.20. The highest BCUT2D eigenvalue weighted by atomic mass is 16.5. The molecule has 0 unspecified atom stereocenters. The monoisotopic (exact) mass is 311 g/mol. The van der Waals surface area contributed by atoms with Gasteiger partial charge in [-0.3, -0.25) is 0 Å². The molecule has 0 aliphatic rings. The fraction of sp³-hybridized carbons (Fsp3) is 0.167. The highest BCUT2D eigenvalue weighted by molar-refractivity contribution is 6.08. The third-order valence-corrected chi connectivity index (χ3v) is 3.42. The summed E-state index contributed by atoms with van der Waals surface area (Å²) in [5.74, 6) is -0.119. The summed E-state index contributed by atoms with van der Waals surface area (Å²) in [6, 6.07) is 12.1. The number of carboxylic acids is 1. The van der Waals surface area contributed by atoms with Crippen molar-refractivity contribution in [1.29, 1.82) is 0 Å². The Kier molecular flexibility index (Phi) is 3.70. The maximum Gasteiger partial charge on any atom is 0.340 e. The number of hydrogen-bond acceptors (Lipinski definition) is 4. The molecule has 1 aromatic heterocycles. The van der Waals surface area contributed by atoms with Crippen molar-refractivity contribution in [3.05, 3.63) is 48.0 Å². The van der Waals surface area contributed by atoms with E-state index in [0.717, 1.165) is 0 Å². The van der Waals surface area contributed by atoms with E-state index in [2.05, 4.69) is 0 Å². The van der Waals surface area contributed by atoms with Gasteiger partial charge in [0, 0.05) is 16.6 Å². The summed E-state index contributed by atoms with van der Waals surface area (Å²) >= 11 is 0. The zero-order valence-corrected chi connectivity index (χ0v) is 12.9. The maximum atomic E-state index is 11.7. The summed E-state index contributed by atoms with van der Waals surface area (Å²) in [6.45, 7) is 3.83. The summed E-state index contributed by atoms with van der Waals surface area (Å²) in [4.78, 5) is 11.7. The summed E-state index contributed by atoms with van der Waals surface area (Å²) in [7, 11) is 0.